The Labute approximate surface area is 109 Å². The first-order valence-electron chi connectivity index (χ1n) is 6.22. The van der Waals surface area contributed by atoms with Crippen molar-refractivity contribution in [1.82, 2.24) is 19.9 Å². The molecule has 2 aromatic heterocycles. The SMILES string of the molecule is CC1(C(=O)O)CCCN(c2ncnc3nc[nH]c23)C1. The fourth-order valence-electron chi connectivity index (χ4n) is 2.59. The van der Waals surface area contributed by atoms with Crippen LogP contribution >= 0.6 is 0 Å². The lowest BCUT2D eigenvalue weighted by Gasteiger charge is -2.38. The van der Waals surface area contributed by atoms with E-state index in [-0.39, 0.29) is 0 Å². The largest absolute Gasteiger partial charge is 0.481 e. The number of fused-ring (bicyclic) bond motifs is 1. The minimum atomic E-state index is -0.757. The van der Waals surface area contributed by atoms with Crippen molar-refractivity contribution in [2.45, 2.75) is 19.8 Å². The normalized spacial score (nSPS) is 23.7. The third-order valence-electron chi connectivity index (χ3n) is 3.72. The van der Waals surface area contributed by atoms with E-state index in [9.17, 15) is 9.90 Å². The number of aromatic nitrogens is 4. The van der Waals surface area contributed by atoms with Crippen LogP contribution in [-0.2, 0) is 4.79 Å². The van der Waals surface area contributed by atoms with Gasteiger partial charge in [-0.3, -0.25) is 4.79 Å². The second-order valence-electron chi connectivity index (χ2n) is 5.19. The molecule has 1 aliphatic heterocycles. The van der Waals surface area contributed by atoms with Crippen LogP contribution < -0.4 is 4.90 Å². The van der Waals surface area contributed by atoms with Crippen LogP contribution in [0, 0.1) is 5.41 Å². The Bertz CT molecular complexity index is 625. The molecule has 0 aliphatic carbocycles. The van der Waals surface area contributed by atoms with Crippen LogP contribution in [0.25, 0.3) is 11.2 Å². The van der Waals surface area contributed by atoms with Crippen molar-refractivity contribution in [1.29, 1.82) is 0 Å². The van der Waals surface area contributed by atoms with Crippen LogP contribution in [0.1, 0.15) is 19.8 Å². The summed E-state index contributed by atoms with van der Waals surface area (Å²) in [6.45, 7) is 3.04. The molecule has 2 aromatic rings. The minimum Gasteiger partial charge on any atom is -0.481 e. The lowest BCUT2D eigenvalue weighted by atomic mass is 9.82. The van der Waals surface area contributed by atoms with E-state index in [1.165, 1.54) is 6.33 Å². The third kappa shape index (κ3) is 1.91. The van der Waals surface area contributed by atoms with Crippen LogP contribution in [0.3, 0.4) is 0 Å². The zero-order valence-electron chi connectivity index (χ0n) is 10.6. The van der Waals surface area contributed by atoms with E-state index < -0.39 is 11.4 Å². The number of rotatable bonds is 2. The summed E-state index contributed by atoms with van der Waals surface area (Å²) in [5, 5.41) is 9.36. The van der Waals surface area contributed by atoms with Gasteiger partial charge in [-0.2, -0.15) is 0 Å². The van der Waals surface area contributed by atoms with Crippen molar-refractivity contribution < 1.29 is 9.90 Å². The van der Waals surface area contributed by atoms with Crippen LogP contribution in [-0.4, -0.2) is 44.1 Å². The molecule has 0 saturated carbocycles. The van der Waals surface area contributed by atoms with Crippen LogP contribution in [0.2, 0.25) is 0 Å². The monoisotopic (exact) mass is 261 g/mol. The maximum absolute atomic E-state index is 11.4. The summed E-state index contributed by atoms with van der Waals surface area (Å²) < 4.78 is 0. The molecule has 1 unspecified atom stereocenters. The second-order valence-corrected chi connectivity index (χ2v) is 5.19. The Morgan fingerprint density at radius 1 is 1.47 bits per heavy atom. The van der Waals surface area contributed by atoms with Gasteiger partial charge in [0, 0.05) is 13.1 Å². The molecule has 1 saturated heterocycles. The van der Waals surface area contributed by atoms with E-state index in [0.29, 0.717) is 18.6 Å². The van der Waals surface area contributed by atoms with Crippen molar-refractivity contribution in [2.75, 3.05) is 18.0 Å². The summed E-state index contributed by atoms with van der Waals surface area (Å²) in [7, 11) is 0. The fraction of sp³-hybridized carbons (Fsp3) is 0.500. The predicted molar refractivity (Wildman–Crippen MR) is 68.9 cm³/mol. The van der Waals surface area contributed by atoms with Gasteiger partial charge in [0.25, 0.3) is 0 Å². The predicted octanol–water partition coefficient (Wildman–Crippen LogP) is 1.04. The van der Waals surface area contributed by atoms with Gasteiger partial charge in [0.05, 0.1) is 11.7 Å². The molecule has 0 amide bonds. The minimum absolute atomic E-state index is 0.452. The van der Waals surface area contributed by atoms with Crippen molar-refractivity contribution in [3.05, 3.63) is 12.7 Å². The smallest absolute Gasteiger partial charge is 0.311 e. The molecule has 3 heterocycles. The van der Waals surface area contributed by atoms with E-state index >= 15 is 0 Å². The van der Waals surface area contributed by atoms with Gasteiger partial charge in [-0.1, -0.05) is 0 Å². The second kappa shape index (κ2) is 4.18. The zero-order valence-corrected chi connectivity index (χ0v) is 10.6. The maximum Gasteiger partial charge on any atom is 0.311 e. The van der Waals surface area contributed by atoms with E-state index in [1.54, 1.807) is 13.3 Å². The summed E-state index contributed by atoms with van der Waals surface area (Å²) in [5.41, 5.74) is 0.639. The molecule has 1 aliphatic rings. The molecule has 0 bridgehead atoms. The molecule has 19 heavy (non-hydrogen) atoms. The summed E-state index contributed by atoms with van der Waals surface area (Å²) in [6.07, 6.45) is 4.56. The molecule has 100 valence electrons. The quantitative estimate of drug-likeness (QED) is 0.838. The first-order chi connectivity index (χ1) is 9.10. The van der Waals surface area contributed by atoms with E-state index in [0.717, 1.165) is 24.3 Å². The lowest BCUT2D eigenvalue weighted by Crippen LogP contribution is -2.46. The Balaban J connectivity index is 1.98. The molecule has 0 radical (unpaired) electrons. The highest BCUT2D eigenvalue weighted by atomic mass is 16.4. The molecule has 0 aromatic carbocycles. The van der Waals surface area contributed by atoms with Crippen molar-refractivity contribution in [2.24, 2.45) is 5.41 Å². The number of aromatic amines is 1. The van der Waals surface area contributed by atoms with Crippen LogP contribution in [0.4, 0.5) is 5.82 Å². The standard InChI is InChI=1S/C12H15N5O2/c1-12(11(18)19)3-2-4-17(5-12)10-8-9(14-6-13-8)15-7-16-10/h6-7H,2-5H2,1H3,(H,18,19)(H,13,14,15,16). The number of carboxylic acids is 1. The molecule has 2 N–H and O–H groups in total. The summed E-state index contributed by atoms with van der Waals surface area (Å²) in [4.78, 5) is 28.8. The van der Waals surface area contributed by atoms with Gasteiger partial charge in [-0.15, -0.1) is 0 Å². The van der Waals surface area contributed by atoms with E-state index in [2.05, 4.69) is 19.9 Å². The fourth-order valence-corrected chi connectivity index (χ4v) is 2.59. The summed E-state index contributed by atoms with van der Waals surface area (Å²) in [6, 6.07) is 0. The number of anilines is 1. The number of piperidine rings is 1. The number of H-pyrrole nitrogens is 1. The van der Waals surface area contributed by atoms with Crippen LogP contribution in [0.5, 0.6) is 0 Å². The molecular weight excluding hydrogens is 246 g/mol. The van der Waals surface area contributed by atoms with Gasteiger partial charge in [-0.05, 0) is 19.8 Å². The van der Waals surface area contributed by atoms with Gasteiger partial charge in [-0.25, -0.2) is 15.0 Å². The highest BCUT2D eigenvalue weighted by molar-refractivity contribution is 5.83. The molecule has 0 spiro atoms. The Morgan fingerprint density at radius 2 is 2.32 bits per heavy atom. The van der Waals surface area contributed by atoms with Gasteiger partial charge in [0.15, 0.2) is 11.5 Å². The lowest BCUT2D eigenvalue weighted by molar-refractivity contribution is -0.148. The van der Waals surface area contributed by atoms with Crippen LogP contribution in [0.15, 0.2) is 12.7 Å². The van der Waals surface area contributed by atoms with Gasteiger partial charge in [0.2, 0.25) is 0 Å². The molecule has 7 heteroatoms. The molecule has 7 nitrogen and oxygen atoms in total. The molecule has 1 fully saturated rings. The third-order valence-corrected chi connectivity index (χ3v) is 3.72. The first kappa shape index (κ1) is 11.9. The number of carboxylic acid groups (broad SMARTS) is 1. The molecule has 1 atom stereocenters. The number of imidazole rings is 1. The van der Waals surface area contributed by atoms with Gasteiger partial charge in [0.1, 0.15) is 11.8 Å². The average Bonchev–Trinajstić information content (AvgIpc) is 2.86. The summed E-state index contributed by atoms with van der Waals surface area (Å²) in [5.74, 6) is -0.0261. The number of hydrogen-bond donors (Lipinski definition) is 2. The zero-order chi connectivity index (χ0) is 13.5. The maximum atomic E-state index is 11.4. The number of aliphatic carboxylic acids is 1. The van der Waals surface area contributed by atoms with E-state index in [4.69, 9.17) is 0 Å². The van der Waals surface area contributed by atoms with Crippen molar-refractivity contribution in [3.63, 3.8) is 0 Å². The summed E-state index contributed by atoms with van der Waals surface area (Å²) >= 11 is 0. The van der Waals surface area contributed by atoms with Crippen molar-refractivity contribution >= 4 is 23.0 Å². The number of carbonyl (C=O) groups is 1. The Hall–Kier alpha value is -2.18. The number of nitrogens with one attached hydrogen (secondary N) is 1. The van der Waals surface area contributed by atoms with Gasteiger partial charge < -0.3 is 15.0 Å². The Kier molecular flexibility index (Phi) is 2.62. The molecule has 3 rings (SSSR count). The highest BCUT2D eigenvalue weighted by Crippen LogP contribution is 2.33. The Morgan fingerprint density at radius 3 is 3.11 bits per heavy atom. The van der Waals surface area contributed by atoms with Gasteiger partial charge >= 0.3 is 5.97 Å². The topological polar surface area (TPSA) is 95.0 Å². The van der Waals surface area contributed by atoms with Crippen molar-refractivity contribution in [3.8, 4) is 0 Å². The highest BCUT2D eigenvalue weighted by Gasteiger charge is 2.38. The van der Waals surface area contributed by atoms with E-state index in [1.807, 2.05) is 4.90 Å². The molecular formula is C12H15N5O2. The number of nitrogens with zero attached hydrogens (tertiary/aromatic N) is 4. The first-order valence-corrected chi connectivity index (χ1v) is 6.22. The number of hydrogen-bond acceptors (Lipinski definition) is 5. The average molecular weight is 261 g/mol.